The summed E-state index contributed by atoms with van der Waals surface area (Å²) in [5.41, 5.74) is 0.608. The van der Waals surface area contributed by atoms with Gasteiger partial charge in [-0.1, -0.05) is 18.2 Å². The van der Waals surface area contributed by atoms with Crippen molar-refractivity contribution in [2.24, 2.45) is 0 Å². The molecule has 98 valence electrons. The summed E-state index contributed by atoms with van der Waals surface area (Å²) in [5.74, 6) is -0.0257. The van der Waals surface area contributed by atoms with Crippen molar-refractivity contribution < 1.29 is 9.90 Å². The number of carbonyl (C=O) groups excluding carboxylic acids is 1. The number of hydrogen-bond donors (Lipinski definition) is 2. The average molecular weight is 265 g/mol. The number of nitriles is 1. The number of anilines is 1. The Balaban J connectivity index is 2.18. The quantitative estimate of drug-likeness (QED) is 0.658. The summed E-state index contributed by atoms with van der Waals surface area (Å²) in [6, 6.07) is 13.1. The molecule has 0 bridgehead atoms. The number of amides is 1. The zero-order valence-electron chi connectivity index (χ0n) is 10.4. The number of phenolic OH excluding ortho intramolecular Hbond substituents is 1. The minimum Gasteiger partial charge on any atom is -0.508 e. The normalized spacial score (nSPS) is 10.7. The molecule has 1 aromatic heterocycles. The molecule has 2 aromatic rings. The highest BCUT2D eigenvalue weighted by Crippen LogP contribution is 2.13. The molecule has 5 nitrogen and oxygen atoms in total. The molecule has 0 saturated carbocycles. The third-order valence-corrected chi connectivity index (χ3v) is 2.48. The van der Waals surface area contributed by atoms with Crippen LogP contribution in [0.5, 0.6) is 5.75 Å². The minimum atomic E-state index is -0.528. The zero-order chi connectivity index (χ0) is 14.4. The molecular formula is C15H11N3O2. The van der Waals surface area contributed by atoms with E-state index in [1.807, 2.05) is 6.07 Å². The van der Waals surface area contributed by atoms with Crippen molar-refractivity contribution in [3.63, 3.8) is 0 Å². The number of nitrogens with zero attached hydrogens (tertiary/aromatic N) is 2. The van der Waals surface area contributed by atoms with E-state index in [0.29, 0.717) is 11.4 Å². The maximum Gasteiger partial charge on any atom is 0.267 e. The van der Waals surface area contributed by atoms with Crippen LogP contribution in [0, 0.1) is 11.3 Å². The molecule has 2 rings (SSSR count). The van der Waals surface area contributed by atoms with Gasteiger partial charge in [-0.3, -0.25) is 4.79 Å². The van der Waals surface area contributed by atoms with Crippen LogP contribution in [-0.4, -0.2) is 16.0 Å². The van der Waals surface area contributed by atoms with E-state index >= 15 is 0 Å². The predicted molar refractivity (Wildman–Crippen MR) is 74.6 cm³/mol. The van der Waals surface area contributed by atoms with Crippen molar-refractivity contribution >= 4 is 17.8 Å². The number of aromatic nitrogens is 1. The average Bonchev–Trinajstić information content (AvgIpc) is 2.47. The second-order valence-electron chi connectivity index (χ2n) is 3.93. The SMILES string of the molecule is N#C/C(=C\c1ccc(O)cc1)C(=O)Nc1ccccn1. The highest BCUT2D eigenvalue weighted by atomic mass is 16.3. The lowest BCUT2D eigenvalue weighted by molar-refractivity contribution is -0.112. The molecule has 1 aromatic carbocycles. The van der Waals surface area contributed by atoms with Gasteiger partial charge in [0.2, 0.25) is 0 Å². The molecule has 0 spiro atoms. The summed E-state index contributed by atoms with van der Waals surface area (Å²) in [5, 5.41) is 20.8. The van der Waals surface area contributed by atoms with Crippen molar-refractivity contribution in [1.29, 1.82) is 5.26 Å². The molecule has 1 heterocycles. The third kappa shape index (κ3) is 3.43. The maximum atomic E-state index is 11.9. The number of nitrogens with one attached hydrogen (secondary N) is 1. The van der Waals surface area contributed by atoms with Gasteiger partial charge in [-0.05, 0) is 35.9 Å². The molecule has 20 heavy (non-hydrogen) atoms. The van der Waals surface area contributed by atoms with E-state index in [1.54, 1.807) is 36.5 Å². The molecule has 0 saturated heterocycles. The predicted octanol–water partition coefficient (Wildman–Crippen LogP) is 2.33. The van der Waals surface area contributed by atoms with Crippen LogP contribution in [-0.2, 0) is 4.79 Å². The van der Waals surface area contributed by atoms with Gasteiger partial charge in [0.25, 0.3) is 5.91 Å². The summed E-state index contributed by atoms with van der Waals surface area (Å²) in [4.78, 5) is 15.9. The first-order chi connectivity index (χ1) is 9.69. The molecule has 5 heteroatoms. The maximum absolute atomic E-state index is 11.9. The van der Waals surface area contributed by atoms with Crippen LogP contribution in [0.3, 0.4) is 0 Å². The van der Waals surface area contributed by atoms with Crippen molar-refractivity contribution in [3.05, 3.63) is 59.8 Å². The van der Waals surface area contributed by atoms with E-state index < -0.39 is 5.91 Å². The van der Waals surface area contributed by atoms with Crippen molar-refractivity contribution in [2.45, 2.75) is 0 Å². The molecule has 0 aliphatic heterocycles. The highest BCUT2D eigenvalue weighted by molar-refractivity contribution is 6.09. The number of phenols is 1. The Hall–Kier alpha value is -3.13. The van der Waals surface area contributed by atoms with Crippen LogP contribution in [0.1, 0.15) is 5.56 Å². The fourth-order valence-corrected chi connectivity index (χ4v) is 1.51. The van der Waals surface area contributed by atoms with Gasteiger partial charge < -0.3 is 10.4 Å². The summed E-state index contributed by atoms with van der Waals surface area (Å²) in [6.07, 6.45) is 2.99. The lowest BCUT2D eigenvalue weighted by Gasteiger charge is -2.02. The van der Waals surface area contributed by atoms with Crippen LogP contribution in [0.2, 0.25) is 0 Å². The van der Waals surface area contributed by atoms with Crippen LogP contribution in [0.15, 0.2) is 54.2 Å². The monoisotopic (exact) mass is 265 g/mol. The first-order valence-electron chi connectivity index (χ1n) is 5.82. The molecule has 0 fully saturated rings. The lowest BCUT2D eigenvalue weighted by Crippen LogP contribution is -2.14. The minimum absolute atomic E-state index is 0.0404. The number of rotatable bonds is 3. The van der Waals surface area contributed by atoms with Gasteiger partial charge in [0, 0.05) is 6.20 Å². The molecule has 0 aliphatic rings. The lowest BCUT2D eigenvalue weighted by atomic mass is 10.1. The van der Waals surface area contributed by atoms with Crippen LogP contribution in [0.4, 0.5) is 5.82 Å². The summed E-state index contributed by atoms with van der Waals surface area (Å²) < 4.78 is 0. The van der Waals surface area contributed by atoms with Crippen LogP contribution < -0.4 is 5.32 Å². The largest absolute Gasteiger partial charge is 0.508 e. The fourth-order valence-electron chi connectivity index (χ4n) is 1.51. The van der Waals surface area contributed by atoms with Gasteiger partial charge in [0.15, 0.2) is 0 Å². The van der Waals surface area contributed by atoms with E-state index in [9.17, 15) is 9.90 Å². The van der Waals surface area contributed by atoms with Gasteiger partial charge in [-0.2, -0.15) is 5.26 Å². The first-order valence-corrected chi connectivity index (χ1v) is 5.82. The number of benzene rings is 1. The fraction of sp³-hybridized carbons (Fsp3) is 0. The Morgan fingerprint density at radius 1 is 1.25 bits per heavy atom. The number of hydrogen-bond acceptors (Lipinski definition) is 4. The summed E-state index contributed by atoms with van der Waals surface area (Å²) in [6.45, 7) is 0. The standard InChI is InChI=1S/C15H11N3O2/c16-10-12(9-11-4-6-13(19)7-5-11)15(20)18-14-3-1-2-8-17-14/h1-9,19H,(H,17,18,20)/b12-9+. The van der Waals surface area contributed by atoms with Crippen LogP contribution in [0.25, 0.3) is 6.08 Å². The third-order valence-electron chi connectivity index (χ3n) is 2.48. The molecule has 0 aliphatic carbocycles. The second kappa shape index (κ2) is 6.16. The van der Waals surface area contributed by atoms with Crippen LogP contribution >= 0.6 is 0 Å². The Morgan fingerprint density at radius 3 is 2.60 bits per heavy atom. The molecule has 2 N–H and O–H groups in total. The topological polar surface area (TPSA) is 86.0 Å². The summed E-state index contributed by atoms with van der Waals surface area (Å²) >= 11 is 0. The van der Waals surface area contributed by atoms with Crippen molar-refractivity contribution in [2.75, 3.05) is 5.32 Å². The smallest absolute Gasteiger partial charge is 0.267 e. The van der Waals surface area contributed by atoms with E-state index in [-0.39, 0.29) is 11.3 Å². The van der Waals surface area contributed by atoms with E-state index in [0.717, 1.165) is 0 Å². The molecule has 1 amide bonds. The van der Waals surface area contributed by atoms with Crippen molar-refractivity contribution in [1.82, 2.24) is 4.98 Å². The second-order valence-corrected chi connectivity index (χ2v) is 3.93. The van der Waals surface area contributed by atoms with Gasteiger partial charge in [0.05, 0.1) is 0 Å². The Bertz CT molecular complexity index is 671. The van der Waals surface area contributed by atoms with E-state index in [4.69, 9.17) is 5.26 Å². The molecule has 0 unspecified atom stereocenters. The zero-order valence-corrected chi connectivity index (χ0v) is 10.4. The molecule has 0 radical (unpaired) electrons. The first kappa shape index (κ1) is 13.3. The van der Waals surface area contributed by atoms with Crippen molar-refractivity contribution in [3.8, 4) is 11.8 Å². The number of aromatic hydroxyl groups is 1. The van der Waals surface area contributed by atoms with E-state index in [1.165, 1.54) is 18.2 Å². The Morgan fingerprint density at radius 2 is 2.00 bits per heavy atom. The van der Waals surface area contributed by atoms with Gasteiger partial charge >= 0.3 is 0 Å². The molecular weight excluding hydrogens is 254 g/mol. The Labute approximate surface area is 115 Å². The van der Waals surface area contributed by atoms with Gasteiger partial charge in [0.1, 0.15) is 23.2 Å². The number of pyridine rings is 1. The highest BCUT2D eigenvalue weighted by Gasteiger charge is 2.09. The van der Waals surface area contributed by atoms with E-state index in [2.05, 4.69) is 10.3 Å². The molecule has 0 atom stereocenters. The summed E-state index contributed by atoms with van der Waals surface area (Å²) in [7, 11) is 0. The van der Waals surface area contributed by atoms with Gasteiger partial charge in [-0.15, -0.1) is 0 Å². The number of carbonyl (C=O) groups is 1. The van der Waals surface area contributed by atoms with Gasteiger partial charge in [-0.25, -0.2) is 4.98 Å². The Kier molecular flexibility index (Phi) is 4.10.